The number of carbonyl (C=O) groups is 1. The number of anilines is 2. The lowest BCUT2D eigenvalue weighted by molar-refractivity contribution is 0.0695. The van der Waals surface area contributed by atoms with Crippen LogP contribution in [0.2, 0.25) is 0 Å². The van der Waals surface area contributed by atoms with Gasteiger partial charge in [-0.05, 0) is 30.5 Å². The van der Waals surface area contributed by atoms with Crippen molar-refractivity contribution in [3.63, 3.8) is 0 Å². The van der Waals surface area contributed by atoms with Crippen molar-refractivity contribution in [2.45, 2.75) is 25.8 Å². The number of hydrogen-bond acceptors (Lipinski definition) is 7. The van der Waals surface area contributed by atoms with Gasteiger partial charge in [0.05, 0.1) is 16.8 Å². The predicted molar refractivity (Wildman–Crippen MR) is 156 cm³/mol. The summed E-state index contributed by atoms with van der Waals surface area (Å²) in [5.41, 5.74) is 3.93. The molecule has 9 nitrogen and oxygen atoms in total. The summed E-state index contributed by atoms with van der Waals surface area (Å²) in [5.74, 6) is -2.72. The predicted octanol–water partition coefficient (Wildman–Crippen LogP) is 4.12. The Kier molecular flexibility index (Phi) is 6.05. The highest BCUT2D eigenvalue weighted by molar-refractivity contribution is 5.99. The topological polar surface area (TPSA) is 104 Å². The molecule has 2 aliphatic heterocycles. The van der Waals surface area contributed by atoms with E-state index < -0.39 is 23.0 Å². The fraction of sp³-hybridized carbons (Fsp3) is 0.355. The molecule has 4 aromatic rings. The zero-order valence-corrected chi connectivity index (χ0v) is 23.5. The molecule has 11 heteroatoms. The molecule has 216 valence electrons. The van der Waals surface area contributed by atoms with Crippen LogP contribution in [-0.4, -0.2) is 69.8 Å². The van der Waals surface area contributed by atoms with Gasteiger partial charge in [-0.25, -0.2) is 18.6 Å². The zero-order chi connectivity index (χ0) is 29.4. The number of carboxylic acids is 1. The van der Waals surface area contributed by atoms with Crippen molar-refractivity contribution >= 4 is 28.4 Å². The molecule has 5 heterocycles. The van der Waals surface area contributed by atoms with Gasteiger partial charge in [0.2, 0.25) is 5.43 Å². The summed E-state index contributed by atoms with van der Waals surface area (Å²) < 4.78 is 32.2. The van der Waals surface area contributed by atoms with E-state index in [9.17, 15) is 19.1 Å². The lowest BCUT2D eigenvalue weighted by atomic mass is 9.96. The van der Waals surface area contributed by atoms with Crippen molar-refractivity contribution < 1.29 is 18.7 Å². The Morgan fingerprint density at radius 2 is 1.98 bits per heavy atom. The molecule has 7 rings (SSSR count). The van der Waals surface area contributed by atoms with E-state index >= 15 is 4.39 Å². The van der Waals surface area contributed by atoms with Gasteiger partial charge in [0.25, 0.3) is 0 Å². The number of pyridine rings is 3. The lowest BCUT2D eigenvalue weighted by Crippen LogP contribution is -2.36. The number of likely N-dealkylation sites (tertiary alicyclic amines) is 1. The van der Waals surface area contributed by atoms with Crippen LogP contribution in [0.5, 0.6) is 0 Å². The molecule has 0 bridgehead atoms. The van der Waals surface area contributed by atoms with Crippen molar-refractivity contribution in [1.29, 1.82) is 0 Å². The Morgan fingerprint density at radius 1 is 1.17 bits per heavy atom. The summed E-state index contributed by atoms with van der Waals surface area (Å²) in [4.78, 5) is 39.0. The third-order valence-electron chi connectivity index (χ3n) is 9.23. The fourth-order valence-electron chi connectivity index (χ4n) is 7.19. The number of likely N-dealkylation sites (N-methyl/N-ethyl adjacent to an activating group) is 1. The van der Waals surface area contributed by atoms with Crippen LogP contribution in [0.1, 0.15) is 35.0 Å². The smallest absolute Gasteiger partial charge is 0.341 e. The number of fused-ring (bicyclic) bond motifs is 5. The third kappa shape index (κ3) is 3.76. The highest BCUT2D eigenvalue weighted by atomic mass is 19.2. The zero-order valence-electron chi connectivity index (χ0n) is 23.5. The molecular weight excluding hydrogens is 542 g/mol. The highest BCUT2D eigenvalue weighted by Crippen LogP contribution is 2.52. The molecule has 3 aliphatic rings. The second-order valence-corrected chi connectivity index (χ2v) is 11.4. The number of aryl methyl sites for hydroxylation is 1. The van der Waals surface area contributed by atoms with Gasteiger partial charge in [0.1, 0.15) is 11.2 Å². The maximum atomic E-state index is 15.7. The monoisotopic (exact) mass is 572 g/mol. The van der Waals surface area contributed by atoms with E-state index in [4.69, 9.17) is 4.98 Å². The van der Waals surface area contributed by atoms with E-state index in [1.807, 2.05) is 0 Å². The van der Waals surface area contributed by atoms with Gasteiger partial charge >= 0.3 is 5.97 Å². The number of halogens is 2. The van der Waals surface area contributed by atoms with E-state index in [1.165, 1.54) is 16.8 Å². The standard InChI is InChI=1S/C31H30F2N6O3/c1-4-38-12-15-5-6-39(24(15)14-38)28-19(16-7-18-29(40)20(31(41)42)13-37(3)30(18)36-10-16)11-35-23-8-17-22(34-2)9-21(32)27(33)25(17)26(23)28/h7,9-11,13,15,24,34H,4-6,8,12,14H2,1-3H3,(H,41,42)/t15-,24?/m0/s1. The third-order valence-corrected chi connectivity index (χ3v) is 9.23. The molecule has 3 aromatic heterocycles. The first-order valence-electron chi connectivity index (χ1n) is 14.1. The largest absolute Gasteiger partial charge is 0.477 e. The average Bonchev–Trinajstić information content (AvgIpc) is 3.69. The van der Waals surface area contributed by atoms with Crippen LogP contribution >= 0.6 is 0 Å². The number of nitrogens with one attached hydrogen (secondary N) is 1. The summed E-state index contributed by atoms with van der Waals surface area (Å²) in [6.45, 7) is 5.65. The number of carboxylic acid groups (broad SMARTS) is 1. The molecule has 1 unspecified atom stereocenters. The Bertz CT molecular complexity index is 1870. The second kappa shape index (κ2) is 9.59. The SMILES string of the molecule is CCN1CC2[C@@H](CCN2c2c(-c3cnc4c(c3)c(=O)c(C(=O)O)cn4C)cnc3c2-c2c(F)c(F)cc(NC)c2C3)C1. The Balaban J connectivity index is 1.51. The van der Waals surface area contributed by atoms with Crippen LogP contribution in [0.25, 0.3) is 33.3 Å². The number of aromatic nitrogens is 3. The normalized spacial score (nSPS) is 19.3. The minimum Gasteiger partial charge on any atom is -0.477 e. The van der Waals surface area contributed by atoms with Crippen molar-refractivity contribution in [3.05, 3.63) is 69.4 Å². The number of aromatic carboxylic acids is 1. The van der Waals surface area contributed by atoms with E-state index in [0.29, 0.717) is 51.6 Å². The van der Waals surface area contributed by atoms with E-state index in [-0.39, 0.29) is 22.6 Å². The molecule has 0 spiro atoms. The second-order valence-electron chi connectivity index (χ2n) is 11.4. The summed E-state index contributed by atoms with van der Waals surface area (Å²) in [6, 6.07) is 3.01. The number of rotatable bonds is 5. The molecule has 0 saturated carbocycles. The average molecular weight is 573 g/mol. The number of hydrogen-bond donors (Lipinski definition) is 2. The Hall–Kier alpha value is -4.38. The van der Waals surface area contributed by atoms with E-state index in [0.717, 1.165) is 38.3 Å². The molecule has 2 atom stereocenters. The van der Waals surface area contributed by atoms with Gasteiger partial charge in [-0.15, -0.1) is 0 Å². The summed E-state index contributed by atoms with van der Waals surface area (Å²) in [5, 5.41) is 12.8. The van der Waals surface area contributed by atoms with Gasteiger partial charge in [0, 0.05) is 98.8 Å². The Labute approximate surface area is 240 Å². The summed E-state index contributed by atoms with van der Waals surface area (Å²) >= 11 is 0. The van der Waals surface area contributed by atoms with Crippen molar-refractivity contribution in [3.8, 4) is 22.3 Å². The van der Waals surface area contributed by atoms with E-state index in [2.05, 4.69) is 27.0 Å². The van der Waals surface area contributed by atoms with Crippen LogP contribution in [0.15, 0.2) is 35.5 Å². The van der Waals surface area contributed by atoms with Gasteiger partial charge < -0.3 is 24.8 Å². The van der Waals surface area contributed by atoms with Crippen LogP contribution in [0, 0.1) is 17.6 Å². The molecule has 1 aromatic carbocycles. The van der Waals surface area contributed by atoms with Gasteiger partial charge in [0.15, 0.2) is 11.6 Å². The van der Waals surface area contributed by atoms with Crippen molar-refractivity contribution in [1.82, 2.24) is 19.4 Å². The maximum Gasteiger partial charge on any atom is 0.341 e. The van der Waals surface area contributed by atoms with Gasteiger partial charge in [-0.1, -0.05) is 6.92 Å². The summed E-state index contributed by atoms with van der Waals surface area (Å²) in [7, 11) is 3.33. The molecule has 42 heavy (non-hydrogen) atoms. The van der Waals surface area contributed by atoms with Crippen LogP contribution < -0.4 is 15.6 Å². The van der Waals surface area contributed by atoms with Crippen LogP contribution in [0.3, 0.4) is 0 Å². The number of benzene rings is 1. The van der Waals surface area contributed by atoms with Crippen molar-refractivity contribution in [2.24, 2.45) is 13.0 Å². The first-order chi connectivity index (χ1) is 20.2. The quantitative estimate of drug-likeness (QED) is 0.324. The van der Waals surface area contributed by atoms with Crippen LogP contribution in [-0.2, 0) is 13.5 Å². The first-order valence-corrected chi connectivity index (χ1v) is 14.1. The van der Waals surface area contributed by atoms with Gasteiger partial charge in [-0.3, -0.25) is 9.78 Å². The molecule has 0 amide bonds. The van der Waals surface area contributed by atoms with Gasteiger partial charge in [-0.2, -0.15) is 0 Å². The number of nitrogens with zero attached hydrogens (tertiary/aromatic N) is 5. The minimum atomic E-state index is -1.32. The molecule has 1 aliphatic carbocycles. The maximum absolute atomic E-state index is 15.7. The Morgan fingerprint density at radius 3 is 2.71 bits per heavy atom. The molecule has 2 N–H and O–H groups in total. The van der Waals surface area contributed by atoms with Crippen LogP contribution in [0.4, 0.5) is 20.2 Å². The molecule has 2 saturated heterocycles. The molecule has 0 radical (unpaired) electrons. The van der Waals surface area contributed by atoms with E-state index in [1.54, 1.807) is 32.6 Å². The summed E-state index contributed by atoms with van der Waals surface area (Å²) in [6.07, 6.45) is 5.94. The first kappa shape index (κ1) is 26.5. The lowest BCUT2D eigenvalue weighted by Gasteiger charge is -2.31. The molecular formula is C31H30F2N6O3. The molecule has 2 fully saturated rings. The van der Waals surface area contributed by atoms with Crippen molar-refractivity contribution in [2.75, 3.05) is 43.4 Å². The minimum absolute atomic E-state index is 0.161. The fourth-order valence-corrected chi connectivity index (χ4v) is 7.19. The highest BCUT2D eigenvalue weighted by Gasteiger charge is 2.44.